The van der Waals surface area contributed by atoms with E-state index in [1.54, 1.807) is 4.57 Å². The lowest BCUT2D eigenvalue weighted by atomic mass is 10.3. The van der Waals surface area contributed by atoms with Crippen LogP contribution in [0.4, 0.5) is 0 Å². The minimum Gasteiger partial charge on any atom is -0.353 e. The lowest BCUT2D eigenvalue weighted by Crippen LogP contribution is -2.33. The number of aromatic nitrogens is 4. The van der Waals surface area contributed by atoms with Gasteiger partial charge in [0, 0.05) is 21.9 Å². The maximum absolute atomic E-state index is 12.2. The number of rotatable bonds is 6. The van der Waals surface area contributed by atoms with Gasteiger partial charge in [0.25, 0.3) is 0 Å². The number of H-pyrrole nitrogens is 1. The summed E-state index contributed by atoms with van der Waals surface area (Å²) in [7, 11) is 0. The van der Waals surface area contributed by atoms with Crippen molar-refractivity contribution in [2.24, 2.45) is 0 Å². The third-order valence-electron chi connectivity index (χ3n) is 4.22. The number of carbonyl (C=O) groups is 1. The first-order chi connectivity index (χ1) is 12.9. The van der Waals surface area contributed by atoms with Gasteiger partial charge in [0.2, 0.25) is 5.91 Å². The fourth-order valence-electron chi connectivity index (χ4n) is 2.60. The lowest BCUT2D eigenvalue weighted by molar-refractivity contribution is -0.119. The highest BCUT2D eigenvalue weighted by Gasteiger charge is 2.16. The van der Waals surface area contributed by atoms with E-state index in [9.17, 15) is 4.79 Å². The molecule has 2 aromatic heterocycles. The molecule has 2 heterocycles. The number of halogens is 1. The van der Waals surface area contributed by atoms with E-state index in [-0.39, 0.29) is 17.7 Å². The molecule has 0 saturated carbocycles. The molecule has 0 aliphatic rings. The van der Waals surface area contributed by atoms with Crippen LogP contribution in [0.15, 0.2) is 33.9 Å². The Morgan fingerprint density at radius 3 is 2.78 bits per heavy atom. The normalized spacial score (nSPS) is 12.3. The molecule has 142 valence electrons. The third kappa shape index (κ3) is 4.24. The molecule has 0 radical (unpaired) electrons. The van der Waals surface area contributed by atoms with Gasteiger partial charge in [-0.25, -0.2) is 4.98 Å². The molecule has 0 aliphatic heterocycles. The molecular weight excluding hydrogens is 428 g/mol. The molecule has 0 saturated heterocycles. The molecule has 7 nitrogen and oxygen atoms in total. The van der Waals surface area contributed by atoms with Crippen molar-refractivity contribution in [3.63, 3.8) is 0 Å². The second kappa shape index (κ2) is 8.26. The first kappa shape index (κ1) is 19.6. The summed E-state index contributed by atoms with van der Waals surface area (Å²) in [6.07, 6.45) is 0.878. The second-order valence-electron chi connectivity index (χ2n) is 6.27. The first-order valence-corrected chi connectivity index (χ1v) is 10.4. The van der Waals surface area contributed by atoms with E-state index in [4.69, 9.17) is 5.41 Å². The maximum Gasteiger partial charge on any atom is 0.230 e. The Morgan fingerprint density at radius 2 is 2.11 bits per heavy atom. The number of thioether (sulfide) groups is 1. The van der Waals surface area contributed by atoms with E-state index in [0.29, 0.717) is 21.7 Å². The SMILES string of the molecule is CCC(C)NC(=O)CSc1nc2n[nH]c(C)c2c(=N)n1-c1ccc(Br)cc1. The number of hydrogen-bond acceptors (Lipinski definition) is 5. The van der Waals surface area contributed by atoms with Gasteiger partial charge in [0.05, 0.1) is 11.1 Å². The zero-order valence-electron chi connectivity index (χ0n) is 15.3. The van der Waals surface area contributed by atoms with Crippen LogP contribution >= 0.6 is 27.7 Å². The van der Waals surface area contributed by atoms with Crippen LogP contribution in [0, 0.1) is 12.3 Å². The van der Waals surface area contributed by atoms with Gasteiger partial charge in [-0.2, -0.15) is 5.10 Å². The smallest absolute Gasteiger partial charge is 0.230 e. The van der Waals surface area contributed by atoms with E-state index in [1.807, 2.05) is 45.0 Å². The highest BCUT2D eigenvalue weighted by molar-refractivity contribution is 9.10. The fraction of sp³-hybridized carbons (Fsp3) is 0.333. The number of nitrogens with zero attached hydrogens (tertiary/aromatic N) is 3. The van der Waals surface area contributed by atoms with Crippen molar-refractivity contribution in [2.45, 2.75) is 38.4 Å². The molecule has 1 amide bonds. The molecule has 9 heteroatoms. The van der Waals surface area contributed by atoms with Crippen molar-refractivity contribution in [3.8, 4) is 5.69 Å². The zero-order chi connectivity index (χ0) is 19.6. The average molecular weight is 449 g/mol. The molecule has 1 atom stereocenters. The van der Waals surface area contributed by atoms with E-state index >= 15 is 0 Å². The van der Waals surface area contributed by atoms with Crippen LogP contribution in [0.25, 0.3) is 16.7 Å². The van der Waals surface area contributed by atoms with Crippen molar-refractivity contribution in [1.82, 2.24) is 25.1 Å². The maximum atomic E-state index is 12.2. The van der Waals surface area contributed by atoms with E-state index in [1.165, 1.54) is 11.8 Å². The lowest BCUT2D eigenvalue weighted by Gasteiger charge is -2.14. The number of benzene rings is 1. The summed E-state index contributed by atoms with van der Waals surface area (Å²) in [4.78, 5) is 16.8. The van der Waals surface area contributed by atoms with Gasteiger partial charge >= 0.3 is 0 Å². The Hall–Kier alpha value is -2.13. The molecule has 1 unspecified atom stereocenters. The summed E-state index contributed by atoms with van der Waals surface area (Å²) < 4.78 is 2.70. The van der Waals surface area contributed by atoms with Gasteiger partial charge in [0.1, 0.15) is 5.49 Å². The summed E-state index contributed by atoms with van der Waals surface area (Å²) >= 11 is 4.73. The predicted molar refractivity (Wildman–Crippen MR) is 110 cm³/mol. The van der Waals surface area contributed by atoms with Gasteiger partial charge in [-0.05, 0) is 44.5 Å². The average Bonchev–Trinajstić information content (AvgIpc) is 3.02. The van der Waals surface area contributed by atoms with Crippen LogP contribution in [0.1, 0.15) is 26.0 Å². The molecule has 3 N–H and O–H groups in total. The third-order valence-corrected chi connectivity index (χ3v) is 5.69. The number of aromatic amines is 1. The van der Waals surface area contributed by atoms with Crippen LogP contribution in [0.5, 0.6) is 0 Å². The zero-order valence-corrected chi connectivity index (χ0v) is 17.7. The fourth-order valence-corrected chi connectivity index (χ4v) is 3.69. The summed E-state index contributed by atoms with van der Waals surface area (Å²) in [6, 6.07) is 7.78. The van der Waals surface area contributed by atoms with Gasteiger partial charge in [-0.1, -0.05) is 34.6 Å². The van der Waals surface area contributed by atoms with Crippen molar-refractivity contribution < 1.29 is 4.79 Å². The number of aryl methyl sites for hydroxylation is 1. The highest BCUT2D eigenvalue weighted by atomic mass is 79.9. The molecule has 3 aromatic rings. The molecule has 0 fully saturated rings. The van der Waals surface area contributed by atoms with Crippen LogP contribution < -0.4 is 10.8 Å². The summed E-state index contributed by atoms with van der Waals surface area (Å²) in [5, 5.41) is 20.0. The number of amides is 1. The summed E-state index contributed by atoms with van der Waals surface area (Å²) in [5.41, 5.74) is 2.37. The van der Waals surface area contributed by atoms with Crippen molar-refractivity contribution >= 4 is 44.6 Å². The highest BCUT2D eigenvalue weighted by Crippen LogP contribution is 2.22. The van der Waals surface area contributed by atoms with Gasteiger partial charge < -0.3 is 5.32 Å². The van der Waals surface area contributed by atoms with Crippen molar-refractivity contribution in [2.75, 3.05) is 5.75 Å². The number of nitrogens with one attached hydrogen (secondary N) is 3. The standard InChI is InChI=1S/C18H21BrN6OS/c1-4-10(2)21-14(26)9-27-18-22-17-15(11(3)23-24-17)16(20)25(18)13-7-5-12(19)6-8-13/h5-8,10,20H,4,9H2,1-3H3,(H,21,26)(H,23,24). The molecule has 0 spiro atoms. The Balaban J connectivity index is 2.02. The van der Waals surface area contributed by atoms with Crippen LogP contribution in [-0.4, -0.2) is 37.5 Å². The van der Waals surface area contributed by atoms with Crippen LogP contribution in [-0.2, 0) is 4.79 Å². The minimum absolute atomic E-state index is 0.0525. The van der Waals surface area contributed by atoms with E-state index in [0.717, 1.165) is 22.3 Å². The van der Waals surface area contributed by atoms with Gasteiger partial charge in [-0.15, -0.1) is 0 Å². The van der Waals surface area contributed by atoms with Crippen LogP contribution in [0.2, 0.25) is 0 Å². The topological polar surface area (TPSA) is 99.5 Å². The molecule has 27 heavy (non-hydrogen) atoms. The molecule has 3 rings (SSSR count). The summed E-state index contributed by atoms with van der Waals surface area (Å²) in [6.45, 7) is 5.87. The Labute approximate surface area is 169 Å². The Kier molecular flexibility index (Phi) is 6.01. The van der Waals surface area contributed by atoms with E-state index in [2.05, 4.69) is 36.4 Å². The number of hydrogen-bond donors (Lipinski definition) is 3. The Morgan fingerprint density at radius 1 is 1.41 bits per heavy atom. The predicted octanol–water partition coefficient (Wildman–Crippen LogP) is 3.31. The molecular formula is C18H21BrN6OS. The molecule has 1 aromatic carbocycles. The van der Waals surface area contributed by atoms with Crippen LogP contribution in [0.3, 0.4) is 0 Å². The number of fused-ring (bicyclic) bond motifs is 1. The Bertz CT molecular complexity index is 1030. The largest absolute Gasteiger partial charge is 0.353 e. The second-order valence-corrected chi connectivity index (χ2v) is 8.13. The van der Waals surface area contributed by atoms with Crippen molar-refractivity contribution in [3.05, 3.63) is 39.9 Å². The van der Waals surface area contributed by atoms with Gasteiger partial charge in [-0.3, -0.25) is 19.9 Å². The quantitative estimate of drug-likeness (QED) is 0.397. The van der Waals surface area contributed by atoms with E-state index < -0.39 is 0 Å². The number of carbonyl (C=O) groups excluding carboxylic acids is 1. The summed E-state index contributed by atoms with van der Waals surface area (Å²) in [5.74, 6) is 0.172. The molecule has 0 bridgehead atoms. The van der Waals surface area contributed by atoms with Crippen molar-refractivity contribution in [1.29, 1.82) is 5.41 Å². The monoisotopic (exact) mass is 448 g/mol. The first-order valence-electron chi connectivity index (χ1n) is 8.61. The van der Waals surface area contributed by atoms with Gasteiger partial charge in [0.15, 0.2) is 10.8 Å². The minimum atomic E-state index is -0.0525. The molecule has 0 aliphatic carbocycles.